The van der Waals surface area contributed by atoms with Crippen LogP contribution < -0.4 is 0 Å². The monoisotopic (exact) mass is 555 g/mol. The van der Waals surface area contributed by atoms with Gasteiger partial charge in [-0.25, -0.2) is 0 Å². The molecule has 0 spiro atoms. The van der Waals surface area contributed by atoms with E-state index in [2.05, 4.69) is 33.8 Å². The van der Waals surface area contributed by atoms with Crippen molar-refractivity contribution in [2.45, 2.75) is 92.6 Å². The van der Waals surface area contributed by atoms with E-state index in [9.17, 15) is 19.6 Å². The maximum atomic E-state index is 14.4. The van der Waals surface area contributed by atoms with Gasteiger partial charge < -0.3 is 4.74 Å². The highest BCUT2D eigenvalue weighted by molar-refractivity contribution is 6.01. The van der Waals surface area contributed by atoms with E-state index < -0.39 is 5.41 Å². The quantitative estimate of drug-likeness (QED) is 0.367. The summed E-state index contributed by atoms with van der Waals surface area (Å²) in [5, 5.41) is 9.81. The number of benzene rings is 1. The minimum atomic E-state index is -0.606. The average molecular weight is 556 g/mol. The zero-order valence-electron chi connectivity index (χ0n) is 25.4. The number of ketones is 2. The number of carbonyl (C=O) groups is 3. The third-order valence-corrected chi connectivity index (χ3v) is 12.9. The second-order valence-electron chi connectivity index (χ2n) is 15.4. The molecule has 41 heavy (non-hydrogen) atoms. The van der Waals surface area contributed by atoms with E-state index in [1.807, 2.05) is 43.3 Å². The summed E-state index contributed by atoms with van der Waals surface area (Å²) in [4.78, 5) is 41.4. The lowest BCUT2D eigenvalue weighted by Gasteiger charge is -2.66. The van der Waals surface area contributed by atoms with E-state index in [0.717, 1.165) is 50.5 Å². The Balaban J connectivity index is 1.35. The van der Waals surface area contributed by atoms with Crippen molar-refractivity contribution in [1.29, 1.82) is 5.26 Å². The molecule has 1 aromatic rings. The lowest BCUT2D eigenvalue weighted by molar-refractivity contribution is -0.198. The van der Waals surface area contributed by atoms with Crippen LogP contribution in [0, 0.1) is 68.5 Å². The third kappa shape index (κ3) is 4.18. The Bertz CT molecular complexity index is 1340. The number of hydrogen-bond donors (Lipinski definition) is 0. The molecule has 9 unspecified atom stereocenters. The highest BCUT2D eigenvalue weighted by Crippen LogP contribution is 2.71. The fourth-order valence-corrected chi connectivity index (χ4v) is 10.8. The van der Waals surface area contributed by atoms with Gasteiger partial charge in [0.1, 0.15) is 18.5 Å². The molecule has 5 heteroatoms. The van der Waals surface area contributed by atoms with Crippen LogP contribution in [0.3, 0.4) is 0 Å². The summed E-state index contributed by atoms with van der Waals surface area (Å²) in [6, 6.07) is 12.0. The van der Waals surface area contributed by atoms with Crippen molar-refractivity contribution < 1.29 is 19.1 Å². The van der Waals surface area contributed by atoms with Crippen LogP contribution in [0.25, 0.3) is 0 Å². The topological polar surface area (TPSA) is 84.2 Å². The Kier molecular flexibility index (Phi) is 6.68. The Morgan fingerprint density at radius 3 is 2.39 bits per heavy atom. The molecule has 5 aliphatic rings. The van der Waals surface area contributed by atoms with E-state index in [4.69, 9.17) is 4.74 Å². The van der Waals surface area contributed by atoms with Crippen molar-refractivity contribution in [2.24, 2.45) is 57.2 Å². The molecule has 0 N–H and O–H groups in total. The van der Waals surface area contributed by atoms with E-state index in [-0.39, 0.29) is 75.7 Å². The highest BCUT2D eigenvalue weighted by atomic mass is 16.5. The second kappa shape index (κ2) is 9.65. The number of ether oxygens (including phenoxy) is 1. The molecule has 9 atom stereocenters. The van der Waals surface area contributed by atoms with Gasteiger partial charge in [-0.15, -0.1) is 0 Å². The average Bonchev–Trinajstić information content (AvgIpc) is 2.94. The molecule has 0 aliphatic heterocycles. The number of carbonyl (C=O) groups excluding carboxylic acids is 3. The van der Waals surface area contributed by atoms with Crippen LogP contribution in [0.1, 0.15) is 91.5 Å². The van der Waals surface area contributed by atoms with Gasteiger partial charge in [-0.2, -0.15) is 5.26 Å². The van der Waals surface area contributed by atoms with Crippen LogP contribution in [0.15, 0.2) is 42.0 Å². The van der Waals surface area contributed by atoms with Gasteiger partial charge in [-0.3, -0.25) is 14.4 Å². The third-order valence-electron chi connectivity index (χ3n) is 12.9. The molecule has 0 heterocycles. The number of rotatable bonds is 3. The van der Waals surface area contributed by atoms with Crippen molar-refractivity contribution >= 4 is 17.5 Å². The van der Waals surface area contributed by atoms with Crippen LogP contribution in [0.4, 0.5) is 0 Å². The number of nitriles is 1. The van der Waals surface area contributed by atoms with Crippen molar-refractivity contribution in [2.75, 3.05) is 0 Å². The van der Waals surface area contributed by atoms with Gasteiger partial charge in [0, 0.05) is 18.3 Å². The van der Waals surface area contributed by atoms with Gasteiger partial charge in [0.15, 0.2) is 5.78 Å². The minimum Gasteiger partial charge on any atom is -0.460 e. The van der Waals surface area contributed by atoms with E-state index in [1.54, 1.807) is 0 Å². The second-order valence-corrected chi connectivity index (χ2v) is 15.4. The van der Waals surface area contributed by atoms with Crippen LogP contribution in [0.5, 0.6) is 0 Å². The van der Waals surface area contributed by atoms with Crippen molar-refractivity contribution in [3.8, 4) is 6.07 Å². The number of allylic oxidation sites excluding steroid dienone is 2. The van der Waals surface area contributed by atoms with Crippen molar-refractivity contribution in [1.82, 2.24) is 0 Å². The van der Waals surface area contributed by atoms with Gasteiger partial charge in [0.25, 0.3) is 0 Å². The molecule has 218 valence electrons. The SMILES string of the molecule is CC1C(=O)C(C#N)=CC2(C)C1CCC1(C)C3CCC4(C(=O)OCc5ccccc5)CCC(C)(C)CC4C3C(=O)CC21. The molecule has 0 amide bonds. The molecule has 6 rings (SSSR count). The van der Waals surface area contributed by atoms with Gasteiger partial charge in [0.2, 0.25) is 0 Å². The molecule has 0 aromatic heterocycles. The first-order chi connectivity index (χ1) is 19.4. The van der Waals surface area contributed by atoms with Crippen molar-refractivity contribution in [3.05, 3.63) is 47.5 Å². The summed E-state index contributed by atoms with van der Waals surface area (Å²) in [6.07, 6.45) is 8.57. The molecular formula is C36H45NO4. The van der Waals surface area contributed by atoms with Gasteiger partial charge in [-0.05, 0) is 90.4 Å². The molecule has 0 bridgehead atoms. The highest BCUT2D eigenvalue weighted by Gasteiger charge is 2.68. The maximum Gasteiger partial charge on any atom is 0.312 e. The molecule has 4 saturated carbocycles. The van der Waals surface area contributed by atoms with Gasteiger partial charge in [-0.1, -0.05) is 71.0 Å². The lowest BCUT2D eigenvalue weighted by atomic mass is 9.36. The summed E-state index contributed by atoms with van der Waals surface area (Å²) in [5.41, 5.74) is 0.279. The Labute approximate surface area is 245 Å². The van der Waals surface area contributed by atoms with Crippen molar-refractivity contribution in [3.63, 3.8) is 0 Å². The number of hydrogen-bond acceptors (Lipinski definition) is 5. The zero-order valence-corrected chi connectivity index (χ0v) is 25.4. The van der Waals surface area contributed by atoms with E-state index >= 15 is 0 Å². The lowest BCUT2D eigenvalue weighted by Crippen LogP contribution is -2.64. The first-order valence-electron chi connectivity index (χ1n) is 15.8. The Morgan fingerprint density at radius 2 is 1.68 bits per heavy atom. The molecule has 4 fully saturated rings. The summed E-state index contributed by atoms with van der Waals surface area (Å²) in [5.74, 6) is 0.226. The number of esters is 1. The first-order valence-corrected chi connectivity index (χ1v) is 15.8. The molecule has 1 aromatic carbocycles. The number of Topliss-reactive ketones (excluding diaryl/α,β-unsaturated/α-hetero) is 2. The largest absolute Gasteiger partial charge is 0.460 e. The molecular weight excluding hydrogens is 510 g/mol. The van der Waals surface area contributed by atoms with Crippen LogP contribution in [-0.4, -0.2) is 17.5 Å². The molecule has 0 saturated heterocycles. The Morgan fingerprint density at radius 1 is 0.976 bits per heavy atom. The predicted molar refractivity (Wildman–Crippen MR) is 156 cm³/mol. The Hall–Kier alpha value is -2.74. The molecule has 0 radical (unpaired) electrons. The fourth-order valence-electron chi connectivity index (χ4n) is 10.8. The van der Waals surface area contributed by atoms with Gasteiger partial charge in [0.05, 0.1) is 11.0 Å². The van der Waals surface area contributed by atoms with E-state index in [0.29, 0.717) is 12.2 Å². The fraction of sp³-hybridized carbons (Fsp3) is 0.667. The summed E-state index contributed by atoms with van der Waals surface area (Å²) in [7, 11) is 0. The van der Waals surface area contributed by atoms with Crippen LogP contribution >= 0.6 is 0 Å². The smallest absolute Gasteiger partial charge is 0.312 e. The molecule has 5 aliphatic carbocycles. The first kappa shape index (κ1) is 28.4. The number of fused-ring (bicyclic) bond motifs is 7. The zero-order chi connectivity index (χ0) is 29.4. The minimum absolute atomic E-state index is 0.0128. The van der Waals surface area contributed by atoms with Crippen LogP contribution in [0.2, 0.25) is 0 Å². The van der Waals surface area contributed by atoms with Gasteiger partial charge >= 0.3 is 5.97 Å². The van der Waals surface area contributed by atoms with Crippen LogP contribution in [-0.2, 0) is 25.7 Å². The predicted octanol–water partition coefficient (Wildman–Crippen LogP) is 7.25. The molecule has 5 nitrogen and oxygen atoms in total. The standard InChI is InChI=1S/C36H45NO4/c1-22-25-11-13-34(4)26-12-14-36(32(40)41-21-23-9-7-6-8-10-23)16-15-33(2,3)19-27(36)30(26)28(38)17-29(34)35(25,5)18-24(20-37)31(22)39/h6-10,18,22,25-27,29-30H,11-17,19,21H2,1-5H3. The summed E-state index contributed by atoms with van der Waals surface area (Å²) in [6.45, 7) is 11.4. The summed E-state index contributed by atoms with van der Waals surface area (Å²) < 4.78 is 6.05. The normalized spacial score (nSPS) is 42.9. The van der Waals surface area contributed by atoms with E-state index in [1.165, 1.54) is 0 Å². The number of nitrogens with zero attached hydrogens (tertiary/aromatic N) is 1. The maximum absolute atomic E-state index is 14.4. The summed E-state index contributed by atoms with van der Waals surface area (Å²) >= 11 is 0.